The van der Waals surface area contributed by atoms with Crippen LogP contribution in [0.2, 0.25) is 0 Å². The molecular formula is C13H21NO4. The number of hydrogen-bond acceptors (Lipinski definition) is 3. The minimum atomic E-state index is -0.915. The van der Waals surface area contributed by atoms with Gasteiger partial charge in [-0.25, -0.2) is 0 Å². The molecule has 2 aliphatic rings. The van der Waals surface area contributed by atoms with E-state index in [9.17, 15) is 9.59 Å². The molecule has 2 rings (SSSR count). The Morgan fingerprint density at radius 1 is 1.17 bits per heavy atom. The summed E-state index contributed by atoms with van der Waals surface area (Å²) in [5.74, 6) is -0.346. The molecular weight excluding hydrogens is 234 g/mol. The van der Waals surface area contributed by atoms with Gasteiger partial charge in [-0.2, -0.15) is 0 Å². The largest absolute Gasteiger partial charge is 0.480 e. The minimum absolute atomic E-state index is 0.00592. The van der Waals surface area contributed by atoms with E-state index in [1.807, 2.05) is 0 Å². The predicted octanol–water partition coefficient (Wildman–Crippen LogP) is 1.27. The molecule has 5 nitrogen and oxygen atoms in total. The van der Waals surface area contributed by atoms with Gasteiger partial charge in [0.1, 0.15) is 6.54 Å². The number of nitrogens with zero attached hydrogens (tertiary/aromatic N) is 1. The van der Waals surface area contributed by atoms with Crippen LogP contribution in [-0.4, -0.2) is 47.7 Å². The molecule has 1 amide bonds. The number of amides is 1. The Morgan fingerprint density at radius 3 is 2.39 bits per heavy atom. The lowest BCUT2D eigenvalue weighted by molar-refractivity contribution is -0.145. The van der Waals surface area contributed by atoms with Crippen LogP contribution in [0.4, 0.5) is 0 Å². The van der Waals surface area contributed by atoms with Crippen LogP contribution in [0.25, 0.3) is 0 Å². The summed E-state index contributed by atoms with van der Waals surface area (Å²) in [6.45, 7) is 1.44. The fraction of sp³-hybridized carbons (Fsp3) is 0.846. The quantitative estimate of drug-likeness (QED) is 0.776. The topological polar surface area (TPSA) is 66.8 Å². The van der Waals surface area contributed by atoms with Crippen LogP contribution in [0, 0.1) is 5.92 Å². The molecule has 0 unspecified atom stereocenters. The molecule has 0 aromatic heterocycles. The van der Waals surface area contributed by atoms with Crippen LogP contribution >= 0.6 is 0 Å². The van der Waals surface area contributed by atoms with Gasteiger partial charge in [-0.3, -0.25) is 9.59 Å². The summed E-state index contributed by atoms with van der Waals surface area (Å²) < 4.78 is 5.28. The van der Waals surface area contributed by atoms with E-state index < -0.39 is 5.97 Å². The van der Waals surface area contributed by atoms with Crippen molar-refractivity contribution in [1.29, 1.82) is 0 Å². The van der Waals surface area contributed by atoms with E-state index in [0.29, 0.717) is 12.3 Å². The first kappa shape index (κ1) is 13.3. The molecule has 0 aromatic rings. The first-order valence-corrected chi connectivity index (χ1v) is 6.76. The molecule has 18 heavy (non-hydrogen) atoms. The SMILES string of the molecule is O=C(O)CN(C(=O)CCC1CCOCC1)C1CC1. The number of rotatable bonds is 6. The van der Waals surface area contributed by atoms with Crippen molar-refractivity contribution in [2.45, 2.75) is 44.6 Å². The molecule has 1 aliphatic carbocycles. The summed E-state index contributed by atoms with van der Waals surface area (Å²) in [4.78, 5) is 24.3. The monoisotopic (exact) mass is 255 g/mol. The van der Waals surface area contributed by atoms with Crippen molar-refractivity contribution >= 4 is 11.9 Å². The van der Waals surface area contributed by atoms with Gasteiger partial charge in [0.25, 0.3) is 0 Å². The molecule has 1 N–H and O–H groups in total. The van der Waals surface area contributed by atoms with Gasteiger partial charge in [0, 0.05) is 25.7 Å². The number of carbonyl (C=O) groups excluding carboxylic acids is 1. The van der Waals surface area contributed by atoms with Gasteiger partial charge in [-0.1, -0.05) is 0 Å². The molecule has 0 bridgehead atoms. The van der Waals surface area contributed by atoms with E-state index in [1.165, 1.54) is 0 Å². The van der Waals surface area contributed by atoms with Gasteiger partial charge in [0.05, 0.1) is 0 Å². The van der Waals surface area contributed by atoms with E-state index in [4.69, 9.17) is 9.84 Å². The van der Waals surface area contributed by atoms with Crippen LogP contribution in [0.3, 0.4) is 0 Å². The van der Waals surface area contributed by atoms with Crippen molar-refractivity contribution in [2.75, 3.05) is 19.8 Å². The highest BCUT2D eigenvalue weighted by Crippen LogP contribution is 2.28. The van der Waals surface area contributed by atoms with Crippen LogP contribution in [0.15, 0.2) is 0 Å². The van der Waals surface area contributed by atoms with Crippen LogP contribution < -0.4 is 0 Å². The zero-order chi connectivity index (χ0) is 13.0. The number of ether oxygens (including phenoxy) is 1. The van der Waals surface area contributed by atoms with Crippen molar-refractivity contribution in [1.82, 2.24) is 4.90 Å². The van der Waals surface area contributed by atoms with Crippen LogP contribution in [-0.2, 0) is 14.3 Å². The second-order valence-electron chi connectivity index (χ2n) is 5.24. The lowest BCUT2D eigenvalue weighted by Gasteiger charge is -2.24. The molecule has 1 saturated carbocycles. The number of aliphatic carboxylic acids is 1. The average molecular weight is 255 g/mol. The maximum absolute atomic E-state index is 12.0. The smallest absolute Gasteiger partial charge is 0.323 e. The number of carboxylic acids is 1. The van der Waals surface area contributed by atoms with Gasteiger partial charge in [0.15, 0.2) is 0 Å². The molecule has 1 heterocycles. The summed E-state index contributed by atoms with van der Waals surface area (Å²) in [5, 5.41) is 8.82. The van der Waals surface area contributed by atoms with Crippen molar-refractivity contribution in [3.05, 3.63) is 0 Å². The van der Waals surface area contributed by atoms with E-state index in [2.05, 4.69) is 0 Å². The fourth-order valence-electron chi connectivity index (χ4n) is 2.46. The first-order chi connectivity index (χ1) is 8.66. The maximum Gasteiger partial charge on any atom is 0.323 e. The van der Waals surface area contributed by atoms with E-state index >= 15 is 0 Å². The summed E-state index contributed by atoms with van der Waals surface area (Å²) in [7, 11) is 0. The summed E-state index contributed by atoms with van der Waals surface area (Å²) in [6, 6.07) is 0.184. The van der Waals surface area contributed by atoms with Gasteiger partial charge in [-0.15, -0.1) is 0 Å². The fourth-order valence-corrected chi connectivity index (χ4v) is 2.46. The average Bonchev–Trinajstić information content (AvgIpc) is 3.18. The summed E-state index contributed by atoms with van der Waals surface area (Å²) in [5.41, 5.74) is 0. The first-order valence-electron chi connectivity index (χ1n) is 6.76. The highest BCUT2D eigenvalue weighted by Gasteiger charge is 2.33. The second kappa shape index (κ2) is 6.18. The zero-order valence-corrected chi connectivity index (χ0v) is 10.6. The van der Waals surface area contributed by atoms with E-state index in [0.717, 1.165) is 45.3 Å². The Morgan fingerprint density at radius 2 is 1.83 bits per heavy atom. The molecule has 2 fully saturated rings. The van der Waals surface area contributed by atoms with Crippen molar-refractivity contribution in [3.63, 3.8) is 0 Å². The van der Waals surface area contributed by atoms with Gasteiger partial charge < -0.3 is 14.7 Å². The lowest BCUT2D eigenvalue weighted by Crippen LogP contribution is -2.37. The maximum atomic E-state index is 12.0. The molecule has 0 atom stereocenters. The third-order valence-electron chi connectivity index (χ3n) is 3.72. The third-order valence-corrected chi connectivity index (χ3v) is 3.72. The summed E-state index contributed by atoms with van der Waals surface area (Å²) in [6.07, 6.45) is 5.30. The van der Waals surface area contributed by atoms with Crippen molar-refractivity contribution < 1.29 is 19.4 Å². The highest BCUT2D eigenvalue weighted by molar-refractivity contribution is 5.81. The van der Waals surface area contributed by atoms with Crippen LogP contribution in [0.5, 0.6) is 0 Å². The Kier molecular flexibility index (Phi) is 4.58. The molecule has 5 heteroatoms. The molecule has 0 aromatic carbocycles. The van der Waals surface area contributed by atoms with Crippen molar-refractivity contribution in [2.24, 2.45) is 5.92 Å². The molecule has 1 saturated heterocycles. The predicted molar refractivity (Wildman–Crippen MR) is 65.1 cm³/mol. The van der Waals surface area contributed by atoms with Gasteiger partial charge >= 0.3 is 5.97 Å². The Balaban J connectivity index is 1.75. The molecule has 0 spiro atoms. The van der Waals surface area contributed by atoms with E-state index in [1.54, 1.807) is 4.90 Å². The van der Waals surface area contributed by atoms with Gasteiger partial charge in [0.2, 0.25) is 5.91 Å². The normalized spacial score (nSPS) is 20.7. The molecule has 0 radical (unpaired) electrons. The number of hydrogen-bond donors (Lipinski definition) is 1. The minimum Gasteiger partial charge on any atom is -0.480 e. The number of carbonyl (C=O) groups is 2. The number of carboxylic acid groups (broad SMARTS) is 1. The Hall–Kier alpha value is -1.10. The van der Waals surface area contributed by atoms with E-state index in [-0.39, 0.29) is 18.5 Å². The molecule has 102 valence electrons. The van der Waals surface area contributed by atoms with Crippen molar-refractivity contribution in [3.8, 4) is 0 Å². The highest BCUT2D eigenvalue weighted by atomic mass is 16.5. The summed E-state index contributed by atoms with van der Waals surface area (Å²) >= 11 is 0. The Bertz CT molecular complexity index is 308. The standard InChI is InChI=1S/C13H21NO4/c15-12(4-1-10-5-7-18-8-6-10)14(9-13(16)17)11-2-3-11/h10-11H,1-9H2,(H,16,17). The second-order valence-corrected chi connectivity index (χ2v) is 5.24. The lowest BCUT2D eigenvalue weighted by atomic mass is 9.94. The third kappa shape index (κ3) is 3.98. The zero-order valence-electron chi connectivity index (χ0n) is 10.6. The van der Waals surface area contributed by atoms with Gasteiger partial charge in [-0.05, 0) is 38.0 Å². The molecule has 1 aliphatic heterocycles. The Labute approximate surface area is 107 Å². The van der Waals surface area contributed by atoms with Crippen LogP contribution in [0.1, 0.15) is 38.5 Å².